The van der Waals surface area contributed by atoms with Crippen molar-refractivity contribution in [3.63, 3.8) is 0 Å². The highest BCUT2D eigenvalue weighted by Gasteiger charge is 2.16. The molecule has 0 amide bonds. The van der Waals surface area contributed by atoms with Gasteiger partial charge in [-0.1, -0.05) is 16.8 Å². The second-order valence-corrected chi connectivity index (χ2v) is 5.58. The van der Waals surface area contributed by atoms with Crippen molar-refractivity contribution in [1.82, 2.24) is 19.9 Å². The number of hydrogen-bond donors (Lipinski definition) is 1. The summed E-state index contributed by atoms with van der Waals surface area (Å²) in [5, 5.41) is 17.6. The Balaban J connectivity index is 1.73. The second-order valence-electron chi connectivity index (χ2n) is 5.17. The molecule has 0 aliphatic carbocycles. The molecule has 10 heteroatoms. The molecule has 0 radical (unpaired) electrons. The van der Waals surface area contributed by atoms with Crippen LogP contribution in [0.5, 0.6) is 0 Å². The monoisotopic (exact) mass is 368 g/mol. The summed E-state index contributed by atoms with van der Waals surface area (Å²) < 4.78 is 32.4. The molecule has 130 valence electrons. The van der Waals surface area contributed by atoms with Crippen molar-refractivity contribution in [3.8, 4) is 0 Å². The predicted octanol–water partition coefficient (Wildman–Crippen LogP) is 1.88. The maximum atomic E-state index is 13.2. The van der Waals surface area contributed by atoms with Gasteiger partial charge < -0.3 is 9.63 Å². The molecule has 1 N–H and O–H groups in total. The van der Waals surface area contributed by atoms with Gasteiger partial charge in [-0.3, -0.25) is 4.79 Å². The predicted molar refractivity (Wildman–Crippen MR) is 81.9 cm³/mol. The van der Waals surface area contributed by atoms with Crippen LogP contribution in [-0.4, -0.2) is 25.0 Å². The van der Waals surface area contributed by atoms with Crippen LogP contribution >= 0.6 is 11.6 Å². The molecule has 0 bridgehead atoms. The quantitative estimate of drug-likeness (QED) is 0.739. The zero-order chi connectivity index (χ0) is 18.0. The van der Waals surface area contributed by atoms with Gasteiger partial charge in [0.1, 0.15) is 23.2 Å². The first-order valence-corrected chi connectivity index (χ1v) is 7.47. The maximum absolute atomic E-state index is 13.2. The van der Waals surface area contributed by atoms with Gasteiger partial charge in [-0.25, -0.2) is 13.5 Å². The molecule has 1 atom stereocenters. The van der Waals surface area contributed by atoms with Gasteiger partial charge in [0.15, 0.2) is 5.82 Å². The van der Waals surface area contributed by atoms with Gasteiger partial charge in [-0.2, -0.15) is 10.1 Å². The number of hydrogen-bond acceptors (Lipinski definition) is 6. The fourth-order valence-corrected chi connectivity index (χ4v) is 2.32. The Morgan fingerprint density at radius 1 is 1.28 bits per heavy atom. The standard InChI is InChI=1S/C15H11ClF2N4O3/c16-11-1-2-19-22(15(11)24)7-14-20-13(21-25-14)6-12(23)8-3-9(17)5-10(18)4-8/h1-5,12,23H,6-7H2/t12-/m0/s1. The van der Waals surface area contributed by atoms with E-state index in [0.29, 0.717) is 6.07 Å². The van der Waals surface area contributed by atoms with E-state index in [2.05, 4.69) is 15.2 Å². The summed E-state index contributed by atoms with van der Waals surface area (Å²) in [5.41, 5.74) is -0.462. The van der Waals surface area contributed by atoms with Crippen molar-refractivity contribution in [2.75, 3.05) is 0 Å². The molecule has 0 unspecified atom stereocenters. The molecule has 0 saturated heterocycles. The van der Waals surface area contributed by atoms with Crippen molar-refractivity contribution >= 4 is 11.6 Å². The third-order valence-electron chi connectivity index (χ3n) is 3.31. The lowest BCUT2D eigenvalue weighted by Gasteiger charge is -2.08. The average Bonchev–Trinajstić information content (AvgIpc) is 2.98. The number of aromatic nitrogens is 4. The van der Waals surface area contributed by atoms with Gasteiger partial charge in [-0.05, 0) is 23.8 Å². The molecule has 3 aromatic rings. The molecule has 0 saturated carbocycles. The van der Waals surface area contributed by atoms with Crippen molar-refractivity contribution in [1.29, 1.82) is 0 Å². The zero-order valence-corrected chi connectivity index (χ0v) is 13.3. The van der Waals surface area contributed by atoms with Crippen LogP contribution in [-0.2, 0) is 13.0 Å². The van der Waals surface area contributed by atoms with Crippen LogP contribution < -0.4 is 5.56 Å². The van der Waals surface area contributed by atoms with Crippen molar-refractivity contribution in [3.05, 3.63) is 74.8 Å². The van der Waals surface area contributed by atoms with E-state index >= 15 is 0 Å². The number of rotatable bonds is 5. The zero-order valence-electron chi connectivity index (χ0n) is 12.6. The van der Waals surface area contributed by atoms with Crippen molar-refractivity contribution in [2.45, 2.75) is 19.1 Å². The highest BCUT2D eigenvalue weighted by atomic mass is 35.5. The average molecular weight is 369 g/mol. The van der Waals surface area contributed by atoms with E-state index in [9.17, 15) is 18.7 Å². The summed E-state index contributed by atoms with van der Waals surface area (Å²) in [6, 6.07) is 4.10. The van der Waals surface area contributed by atoms with Crippen LogP contribution in [0, 0.1) is 11.6 Å². The van der Waals surface area contributed by atoms with Gasteiger partial charge in [0.2, 0.25) is 5.89 Å². The first-order valence-electron chi connectivity index (χ1n) is 7.09. The van der Waals surface area contributed by atoms with Crippen LogP contribution in [0.25, 0.3) is 0 Å². The summed E-state index contributed by atoms with van der Waals surface area (Å²) in [5.74, 6) is -1.41. The molecule has 2 heterocycles. The van der Waals surface area contributed by atoms with E-state index in [1.165, 1.54) is 12.3 Å². The van der Waals surface area contributed by atoms with Gasteiger partial charge in [0.25, 0.3) is 5.56 Å². The Morgan fingerprint density at radius 2 is 2.00 bits per heavy atom. The van der Waals surface area contributed by atoms with E-state index in [4.69, 9.17) is 16.1 Å². The lowest BCUT2D eigenvalue weighted by atomic mass is 10.1. The number of benzene rings is 1. The molecular formula is C15H11ClF2N4O3. The molecule has 7 nitrogen and oxygen atoms in total. The van der Waals surface area contributed by atoms with Gasteiger partial charge >= 0.3 is 0 Å². The fourth-order valence-electron chi connectivity index (χ4n) is 2.16. The lowest BCUT2D eigenvalue weighted by molar-refractivity contribution is 0.173. The maximum Gasteiger partial charge on any atom is 0.285 e. The Morgan fingerprint density at radius 3 is 2.72 bits per heavy atom. The fraction of sp³-hybridized carbons (Fsp3) is 0.200. The summed E-state index contributed by atoms with van der Waals surface area (Å²) in [6.45, 7) is -0.100. The smallest absolute Gasteiger partial charge is 0.285 e. The molecule has 0 spiro atoms. The molecular weight excluding hydrogens is 358 g/mol. The van der Waals surface area contributed by atoms with E-state index in [1.807, 2.05) is 0 Å². The number of aliphatic hydroxyl groups is 1. The van der Waals surface area contributed by atoms with Crippen molar-refractivity contribution < 1.29 is 18.4 Å². The van der Waals surface area contributed by atoms with E-state index in [0.717, 1.165) is 16.8 Å². The van der Waals surface area contributed by atoms with Gasteiger partial charge in [0, 0.05) is 18.7 Å². The molecule has 25 heavy (non-hydrogen) atoms. The number of aliphatic hydroxyl groups excluding tert-OH is 1. The third kappa shape index (κ3) is 4.06. The topological polar surface area (TPSA) is 94.0 Å². The molecule has 0 fully saturated rings. The third-order valence-corrected chi connectivity index (χ3v) is 3.59. The normalized spacial score (nSPS) is 12.3. The number of nitrogens with zero attached hydrogens (tertiary/aromatic N) is 4. The first-order chi connectivity index (χ1) is 11.9. The summed E-state index contributed by atoms with van der Waals surface area (Å²) in [6.07, 6.45) is 0.00994. The van der Waals surface area contributed by atoms with Crippen LogP contribution in [0.4, 0.5) is 8.78 Å². The molecule has 0 aliphatic rings. The van der Waals surface area contributed by atoms with Crippen LogP contribution in [0.1, 0.15) is 23.4 Å². The highest BCUT2D eigenvalue weighted by molar-refractivity contribution is 6.30. The van der Waals surface area contributed by atoms with E-state index in [1.54, 1.807) is 0 Å². The number of halogens is 3. The largest absolute Gasteiger partial charge is 0.388 e. The highest BCUT2D eigenvalue weighted by Crippen LogP contribution is 2.19. The Hall–Kier alpha value is -2.65. The van der Waals surface area contributed by atoms with E-state index < -0.39 is 23.3 Å². The lowest BCUT2D eigenvalue weighted by Crippen LogP contribution is -2.23. The molecule has 0 aliphatic heterocycles. The molecule has 1 aromatic carbocycles. The van der Waals surface area contributed by atoms with E-state index in [-0.39, 0.29) is 35.3 Å². The summed E-state index contributed by atoms with van der Waals surface area (Å²) >= 11 is 5.71. The minimum absolute atomic E-state index is 0.00158. The minimum atomic E-state index is -1.22. The van der Waals surface area contributed by atoms with Crippen molar-refractivity contribution in [2.24, 2.45) is 0 Å². The van der Waals surface area contributed by atoms with Crippen LogP contribution in [0.15, 0.2) is 39.8 Å². The summed E-state index contributed by atoms with van der Waals surface area (Å²) in [7, 11) is 0. The minimum Gasteiger partial charge on any atom is -0.388 e. The Kier molecular flexibility index (Phi) is 4.86. The first kappa shape index (κ1) is 17.2. The second kappa shape index (κ2) is 7.08. The Bertz CT molecular complexity index is 940. The van der Waals surface area contributed by atoms with Gasteiger partial charge in [-0.15, -0.1) is 0 Å². The molecule has 3 rings (SSSR count). The van der Waals surface area contributed by atoms with Crippen LogP contribution in [0.3, 0.4) is 0 Å². The molecule has 2 aromatic heterocycles. The SMILES string of the molecule is O=c1c(Cl)ccnn1Cc1nc(C[C@H](O)c2cc(F)cc(F)c2)no1. The van der Waals surface area contributed by atoms with Gasteiger partial charge in [0.05, 0.1) is 6.10 Å². The summed E-state index contributed by atoms with van der Waals surface area (Å²) in [4.78, 5) is 15.8. The Labute approximate surface area is 144 Å². The van der Waals surface area contributed by atoms with Crippen LogP contribution in [0.2, 0.25) is 5.02 Å².